The summed E-state index contributed by atoms with van der Waals surface area (Å²) in [6.45, 7) is 10.0. The molecule has 31 heavy (non-hydrogen) atoms. The Kier molecular flexibility index (Phi) is 6.09. The van der Waals surface area contributed by atoms with Gasteiger partial charge in [-0.15, -0.1) is 0 Å². The number of hydrogen-bond donors (Lipinski definition) is 2. The van der Waals surface area contributed by atoms with Gasteiger partial charge in [0.25, 0.3) is 11.4 Å². The van der Waals surface area contributed by atoms with E-state index < -0.39 is 0 Å². The van der Waals surface area contributed by atoms with E-state index in [-0.39, 0.29) is 17.4 Å². The first-order chi connectivity index (χ1) is 15.0. The Bertz CT molecular complexity index is 1090. The molecule has 6 nitrogen and oxygen atoms in total. The van der Waals surface area contributed by atoms with Gasteiger partial charge in [-0.1, -0.05) is 35.9 Å². The standard InChI is InChI=1S/C25H30N4O2/c1-4-29-19(3)17-21(30)23(25(29)31)24(20-10-8-18(2)9-11-20)28-15-13-27(14-16-28)22-7-5-6-12-26-22/h5-12,17,24,30H,4,13-16H2,1-3H3/p+2/t24-/m1/s1. The van der Waals surface area contributed by atoms with E-state index in [4.69, 9.17) is 0 Å². The first kappa shape index (κ1) is 21.1. The number of nitrogens with one attached hydrogen (secondary N) is 2. The minimum atomic E-state index is -0.201. The molecule has 4 rings (SSSR count). The SMILES string of the molecule is CCn1c(C)cc(O)c([C@@H](c2ccc(C)cc2)[NH+]2CCN(c3cccc[nH+]3)CC2)c1=O. The summed E-state index contributed by atoms with van der Waals surface area (Å²) in [6.07, 6.45) is 1.95. The first-order valence-electron chi connectivity index (χ1n) is 11.1. The van der Waals surface area contributed by atoms with Crippen LogP contribution >= 0.6 is 0 Å². The molecule has 1 fully saturated rings. The van der Waals surface area contributed by atoms with Gasteiger partial charge >= 0.3 is 0 Å². The van der Waals surface area contributed by atoms with Gasteiger partial charge in [-0.05, 0) is 32.9 Å². The number of rotatable bonds is 5. The quantitative estimate of drug-likeness (QED) is 0.658. The molecule has 162 valence electrons. The van der Waals surface area contributed by atoms with Crippen molar-refractivity contribution in [1.29, 1.82) is 0 Å². The van der Waals surface area contributed by atoms with Crippen LogP contribution in [0.1, 0.15) is 35.3 Å². The highest BCUT2D eigenvalue weighted by Crippen LogP contribution is 2.26. The van der Waals surface area contributed by atoms with Crippen LogP contribution in [0.25, 0.3) is 0 Å². The fraction of sp³-hybridized carbons (Fsp3) is 0.360. The average molecular weight is 421 g/mol. The second-order valence-electron chi connectivity index (χ2n) is 8.37. The smallest absolute Gasteiger partial charge is 0.274 e. The maximum atomic E-state index is 13.4. The molecule has 2 aromatic heterocycles. The lowest BCUT2D eigenvalue weighted by Crippen LogP contribution is -3.15. The lowest BCUT2D eigenvalue weighted by Gasteiger charge is -2.34. The van der Waals surface area contributed by atoms with E-state index in [2.05, 4.69) is 47.1 Å². The maximum Gasteiger partial charge on any atom is 0.274 e. The number of aryl methyl sites for hydroxylation is 2. The van der Waals surface area contributed by atoms with Crippen LogP contribution in [0.3, 0.4) is 0 Å². The molecule has 6 heteroatoms. The molecule has 0 radical (unpaired) electrons. The van der Waals surface area contributed by atoms with Crippen molar-refractivity contribution < 1.29 is 15.0 Å². The number of hydrogen-bond acceptors (Lipinski definition) is 3. The molecule has 0 amide bonds. The average Bonchev–Trinajstić information content (AvgIpc) is 2.78. The summed E-state index contributed by atoms with van der Waals surface area (Å²) < 4.78 is 1.75. The molecule has 1 aliphatic heterocycles. The molecular formula is C25H32N4O2+2. The number of quaternary nitrogens is 1. The third kappa shape index (κ3) is 4.21. The van der Waals surface area contributed by atoms with E-state index in [9.17, 15) is 9.90 Å². The second kappa shape index (κ2) is 8.94. The number of H-pyrrole nitrogens is 1. The molecule has 1 saturated heterocycles. The summed E-state index contributed by atoms with van der Waals surface area (Å²) >= 11 is 0. The molecule has 1 aliphatic rings. The third-order valence-corrected chi connectivity index (χ3v) is 6.39. The van der Waals surface area contributed by atoms with Crippen molar-refractivity contribution in [3.05, 3.63) is 87.5 Å². The van der Waals surface area contributed by atoms with Crippen LogP contribution in [0.5, 0.6) is 5.75 Å². The van der Waals surface area contributed by atoms with Gasteiger partial charge < -0.3 is 14.6 Å². The predicted molar refractivity (Wildman–Crippen MR) is 122 cm³/mol. The van der Waals surface area contributed by atoms with Crippen molar-refractivity contribution in [3.8, 4) is 5.75 Å². The van der Waals surface area contributed by atoms with Crippen LogP contribution in [-0.2, 0) is 6.54 Å². The number of pyridine rings is 2. The predicted octanol–water partition coefficient (Wildman–Crippen LogP) is 1.50. The highest BCUT2D eigenvalue weighted by molar-refractivity contribution is 5.40. The minimum absolute atomic E-state index is 0.0862. The molecule has 0 bridgehead atoms. The van der Waals surface area contributed by atoms with Crippen molar-refractivity contribution in [2.75, 3.05) is 31.1 Å². The van der Waals surface area contributed by atoms with Gasteiger partial charge in [0.1, 0.15) is 43.5 Å². The molecule has 3 heterocycles. The van der Waals surface area contributed by atoms with Gasteiger partial charge in [-0.3, -0.25) is 9.69 Å². The van der Waals surface area contributed by atoms with Gasteiger partial charge in [0.2, 0.25) is 0 Å². The number of anilines is 1. The zero-order valence-electron chi connectivity index (χ0n) is 18.6. The largest absolute Gasteiger partial charge is 0.507 e. The zero-order valence-corrected chi connectivity index (χ0v) is 18.6. The van der Waals surface area contributed by atoms with E-state index in [1.165, 1.54) is 10.5 Å². The lowest BCUT2D eigenvalue weighted by atomic mass is 9.95. The van der Waals surface area contributed by atoms with E-state index in [1.54, 1.807) is 10.6 Å². The Labute approximate surface area is 183 Å². The van der Waals surface area contributed by atoms with Crippen LogP contribution in [0.15, 0.2) is 59.5 Å². The topological polar surface area (TPSA) is 64.1 Å². The highest BCUT2D eigenvalue weighted by atomic mass is 16.3. The number of piperazine rings is 1. The molecule has 3 aromatic rings. The van der Waals surface area contributed by atoms with Crippen molar-refractivity contribution >= 4 is 5.82 Å². The van der Waals surface area contributed by atoms with E-state index in [1.807, 2.05) is 32.2 Å². The zero-order chi connectivity index (χ0) is 22.0. The summed E-state index contributed by atoms with van der Waals surface area (Å²) in [7, 11) is 0. The Morgan fingerprint density at radius 3 is 2.42 bits per heavy atom. The lowest BCUT2D eigenvalue weighted by molar-refractivity contribution is -0.926. The van der Waals surface area contributed by atoms with Gasteiger partial charge in [-0.2, -0.15) is 0 Å². The minimum Gasteiger partial charge on any atom is -0.507 e. The third-order valence-electron chi connectivity index (χ3n) is 6.39. The number of benzene rings is 1. The summed E-state index contributed by atoms with van der Waals surface area (Å²) in [5, 5.41) is 10.9. The Hall–Kier alpha value is -3.12. The second-order valence-corrected chi connectivity index (χ2v) is 8.37. The number of aromatic hydroxyl groups is 1. The summed E-state index contributed by atoms with van der Waals surface area (Å²) in [5.41, 5.74) is 3.46. The van der Waals surface area contributed by atoms with Crippen LogP contribution in [0.4, 0.5) is 5.82 Å². The van der Waals surface area contributed by atoms with Crippen molar-refractivity contribution in [3.63, 3.8) is 0 Å². The summed E-state index contributed by atoms with van der Waals surface area (Å²) in [5.74, 6) is 1.21. The molecule has 1 atom stereocenters. The molecule has 1 aromatic carbocycles. The van der Waals surface area contributed by atoms with Crippen molar-refractivity contribution in [2.45, 2.75) is 33.4 Å². The first-order valence-corrected chi connectivity index (χ1v) is 11.1. The van der Waals surface area contributed by atoms with Gasteiger partial charge in [0.05, 0.1) is 6.20 Å². The molecule has 0 unspecified atom stereocenters. The van der Waals surface area contributed by atoms with Crippen LogP contribution in [0.2, 0.25) is 0 Å². The molecule has 0 saturated carbocycles. The number of aromatic amines is 1. The van der Waals surface area contributed by atoms with Crippen molar-refractivity contribution in [1.82, 2.24) is 4.57 Å². The fourth-order valence-corrected chi connectivity index (χ4v) is 4.70. The molecule has 0 spiro atoms. The van der Waals surface area contributed by atoms with Gasteiger partial charge in [0, 0.05) is 23.9 Å². The summed E-state index contributed by atoms with van der Waals surface area (Å²) in [6, 6.07) is 16.0. The van der Waals surface area contributed by atoms with Crippen LogP contribution in [0, 0.1) is 13.8 Å². The van der Waals surface area contributed by atoms with E-state index in [0.29, 0.717) is 12.1 Å². The van der Waals surface area contributed by atoms with E-state index >= 15 is 0 Å². The molecule has 0 aliphatic carbocycles. The fourth-order valence-electron chi connectivity index (χ4n) is 4.70. The van der Waals surface area contributed by atoms with E-state index in [0.717, 1.165) is 43.3 Å². The number of nitrogens with zero attached hydrogens (tertiary/aromatic N) is 2. The Morgan fingerprint density at radius 2 is 1.81 bits per heavy atom. The number of aromatic nitrogens is 2. The molecule has 3 N–H and O–H groups in total. The Balaban J connectivity index is 1.72. The Morgan fingerprint density at radius 1 is 1.10 bits per heavy atom. The van der Waals surface area contributed by atoms with Gasteiger partial charge in [-0.25, -0.2) is 4.98 Å². The van der Waals surface area contributed by atoms with Crippen LogP contribution in [-0.4, -0.2) is 35.9 Å². The van der Waals surface area contributed by atoms with Gasteiger partial charge in [0.15, 0.2) is 0 Å². The van der Waals surface area contributed by atoms with Crippen molar-refractivity contribution in [2.24, 2.45) is 0 Å². The maximum absolute atomic E-state index is 13.4. The van der Waals surface area contributed by atoms with Crippen LogP contribution < -0.4 is 20.3 Å². The normalized spacial score (nSPS) is 15.8. The molecular weight excluding hydrogens is 388 g/mol. The monoisotopic (exact) mass is 420 g/mol. The highest BCUT2D eigenvalue weighted by Gasteiger charge is 2.36. The summed E-state index contributed by atoms with van der Waals surface area (Å²) in [4.78, 5) is 20.4.